The first-order valence-corrected chi connectivity index (χ1v) is 16.2. The van der Waals surface area contributed by atoms with Crippen molar-refractivity contribution < 1.29 is 35.8 Å². The van der Waals surface area contributed by atoms with Gasteiger partial charge in [0.1, 0.15) is 17.5 Å². The molecule has 3 aromatic carbocycles. The molecule has 0 saturated carbocycles. The summed E-state index contributed by atoms with van der Waals surface area (Å²) in [5.74, 6) is -0.960. The molecule has 0 spiro atoms. The summed E-state index contributed by atoms with van der Waals surface area (Å²) in [5.41, 5.74) is 2.78. The zero-order chi connectivity index (χ0) is 32.3. The van der Waals surface area contributed by atoms with Crippen LogP contribution in [0.3, 0.4) is 0 Å². The Morgan fingerprint density at radius 3 is 2.57 bits per heavy atom. The molecule has 0 N–H and O–H groups in total. The highest BCUT2D eigenvalue weighted by Crippen LogP contribution is 2.34. The van der Waals surface area contributed by atoms with E-state index in [1.165, 1.54) is 12.1 Å². The van der Waals surface area contributed by atoms with E-state index in [4.69, 9.17) is 14.2 Å². The predicted octanol–water partition coefficient (Wildman–Crippen LogP) is 6.62. The number of aryl methyl sites for hydroxylation is 1. The number of aromatic nitrogens is 2. The highest BCUT2D eigenvalue weighted by atomic mass is 32.2. The Labute approximate surface area is 264 Å². The number of halogens is 3. The number of hydrogen-bond donors (Lipinski definition) is 0. The molecule has 12 heteroatoms. The normalized spacial score (nSPS) is 15.0. The zero-order valence-corrected chi connectivity index (χ0v) is 25.6. The second-order valence-corrected chi connectivity index (χ2v) is 13.0. The van der Waals surface area contributed by atoms with Gasteiger partial charge in [0.05, 0.1) is 30.7 Å². The minimum Gasteiger partial charge on any atom is -0.454 e. The molecule has 1 aromatic heterocycles. The van der Waals surface area contributed by atoms with Crippen LogP contribution in [0.5, 0.6) is 11.5 Å². The molecule has 1 atom stereocenters. The van der Waals surface area contributed by atoms with Gasteiger partial charge in [0.2, 0.25) is 21.8 Å². The summed E-state index contributed by atoms with van der Waals surface area (Å²) >= 11 is 0. The van der Waals surface area contributed by atoms with Crippen LogP contribution < -0.4 is 9.47 Å². The predicted molar refractivity (Wildman–Crippen MR) is 164 cm³/mol. The average Bonchev–Trinajstić information content (AvgIpc) is 3.50. The third kappa shape index (κ3) is 7.40. The summed E-state index contributed by atoms with van der Waals surface area (Å²) in [5, 5.41) is -0.388. The van der Waals surface area contributed by atoms with Gasteiger partial charge in [-0.1, -0.05) is 42.5 Å². The molecular formula is C34H30F3N3O5S. The highest BCUT2D eigenvalue weighted by molar-refractivity contribution is 7.91. The largest absolute Gasteiger partial charge is 0.454 e. The van der Waals surface area contributed by atoms with E-state index in [9.17, 15) is 21.6 Å². The fraction of sp³-hybridized carbons (Fsp3) is 0.235. The summed E-state index contributed by atoms with van der Waals surface area (Å²) in [7, 11) is -4.03. The number of rotatable bonds is 11. The minimum absolute atomic E-state index is 0.0162. The van der Waals surface area contributed by atoms with Gasteiger partial charge in [-0.3, -0.25) is 0 Å². The van der Waals surface area contributed by atoms with E-state index in [1.807, 2.05) is 18.2 Å². The van der Waals surface area contributed by atoms with Crippen molar-refractivity contribution in [2.45, 2.75) is 37.8 Å². The molecule has 3 heterocycles. The lowest BCUT2D eigenvalue weighted by molar-refractivity contribution is 0.0360. The Kier molecular flexibility index (Phi) is 9.09. The van der Waals surface area contributed by atoms with Crippen LogP contribution in [0, 0.1) is 18.6 Å². The molecule has 2 aliphatic rings. The van der Waals surface area contributed by atoms with E-state index in [-0.39, 0.29) is 48.5 Å². The third-order valence-electron chi connectivity index (χ3n) is 7.49. The first-order valence-electron chi connectivity index (χ1n) is 14.5. The minimum atomic E-state index is -4.03. The van der Waals surface area contributed by atoms with Crippen molar-refractivity contribution in [3.05, 3.63) is 131 Å². The van der Waals surface area contributed by atoms with Crippen molar-refractivity contribution in [1.29, 1.82) is 0 Å². The van der Waals surface area contributed by atoms with Gasteiger partial charge >= 0.3 is 0 Å². The number of ether oxygens (including phenoxy) is 3. The van der Waals surface area contributed by atoms with Crippen molar-refractivity contribution in [2.75, 3.05) is 19.1 Å². The van der Waals surface area contributed by atoms with Gasteiger partial charge in [-0.05, 0) is 54.8 Å². The fourth-order valence-electron chi connectivity index (χ4n) is 5.23. The molecule has 0 saturated heterocycles. The van der Waals surface area contributed by atoms with Crippen LogP contribution in [-0.4, -0.2) is 42.4 Å². The van der Waals surface area contributed by atoms with Crippen LogP contribution in [0.15, 0.2) is 96.1 Å². The van der Waals surface area contributed by atoms with Crippen LogP contribution in [-0.2, 0) is 27.7 Å². The molecule has 8 nitrogen and oxygen atoms in total. The van der Waals surface area contributed by atoms with Crippen molar-refractivity contribution in [1.82, 2.24) is 14.9 Å². The summed E-state index contributed by atoms with van der Waals surface area (Å²) in [4.78, 5) is 10.3. The van der Waals surface area contributed by atoms with E-state index in [1.54, 1.807) is 54.4 Å². The Balaban J connectivity index is 1.20. The smallest absolute Gasteiger partial charge is 0.247 e. The van der Waals surface area contributed by atoms with Crippen molar-refractivity contribution in [2.24, 2.45) is 0 Å². The Bertz CT molecular complexity index is 1920. The Hall–Kier alpha value is -4.68. The maximum Gasteiger partial charge on any atom is 0.247 e. The summed E-state index contributed by atoms with van der Waals surface area (Å²) in [6.45, 7) is 2.02. The SMILES string of the molecule is Cc1cc(C2=CN(Cc3ccc4c(c3)OCO4)CC(F)=C2)nc(S(=O)(=O)CCC(OCc2ccc(F)cc2F)c2ccccc2)n1. The molecule has 0 fully saturated rings. The van der Waals surface area contributed by atoms with Crippen LogP contribution in [0.4, 0.5) is 13.2 Å². The first kappa shape index (κ1) is 31.3. The van der Waals surface area contributed by atoms with E-state index < -0.39 is 33.4 Å². The number of sulfone groups is 1. The number of nitrogens with zero attached hydrogens (tertiary/aromatic N) is 3. The molecule has 1 unspecified atom stereocenters. The third-order valence-corrected chi connectivity index (χ3v) is 9.01. The lowest BCUT2D eigenvalue weighted by Gasteiger charge is -2.24. The van der Waals surface area contributed by atoms with E-state index in [2.05, 4.69) is 9.97 Å². The first-order chi connectivity index (χ1) is 22.1. The van der Waals surface area contributed by atoms with Gasteiger partial charge in [-0.2, -0.15) is 0 Å². The second kappa shape index (κ2) is 13.4. The molecular weight excluding hydrogens is 619 g/mol. The quantitative estimate of drug-likeness (QED) is 0.168. The van der Waals surface area contributed by atoms with Gasteiger partial charge in [0.25, 0.3) is 0 Å². The maximum absolute atomic E-state index is 14.9. The fourth-order valence-corrected chi connectivity index (χ4v) is 6.46. The maximum atomic E-state index is 14.9. The molecule has 0 bridgehead atoms. The molecule has 0 radical (unpaired) electrons. The molecule has 6 rings (SSSR count). The van der Waals surface area contributed by atoms with Crippen molar-refractivity contribution >= 4 is 15.4 Å². The van der Waals surface area contributed by atoms with E-state index >= 15 is 0 Å². The number of fused-ring (bicyclic) bond motifs is 1. The Morgan fingerprint density at radius 1 is 0.957 bits per heavy atom. The van der Waals surface area contributed by atoms with Crippen LogP contribution in [0.1, 0.15) is 40.6 Å². The van der Waals surface area contributed by atoms with Crippen molar-refractivity contribution in [3.8, 4) is 11.5 Å². The zero-order valence-electron chi connectivity index (χ0n) is 24.8. The van der Waals surface area contributed by atoms with Crippen LogP contribution >= 0.6 is 0 Å². The number of hydrogen-bond acceptors (Lipinski definition) is 8. The molecule has 2 aliphatic heterocycles. The average molecular weight is 650 g/mol. The Morgan fingerprint density at radius 2 is 1.76 bits per heavy atom. The summed E-state index contributed by atoms with van der Waals surface area (Å²) in [6.07, 6.45) is 2.37. The standard InChI is InChI=1S/C34H30F3N3O5S/c1-22-13-30(26-15-28(36)19-40(18-26)17-23-7-10-32-33(14-23)45-21-44-32)39-34(38-22)46(41,42)12-11-31(24-5-3-2-4-6-24)43-20-25-8-9-27(35)16-29(25)37/h2-10,13-16,18,31H,11-12,17,19-21H2,1H3. The number of allylic oxidation sites excluding steroid dienone is 2. The lowest BCUT2D eigenvalue weighted by Crippen LogP contribution is -2.22. The summed E-state index contributed by atoms with van der Waals surface area (Å²) < 4.78 is 86.4. The molecule has 0 amide bonds. The van der Waals surface area contributed by atoms with Gasteiger partial charge in [-0.25, -0.2) is 31.6 Å². The number of benzene rings is 3. The molecule has 46 heavy (non-hydrogen) atoms. The highest BCUT2D eigenvalue weighted by Gasteiger charge is 2.25. The topological polar surface area (TPSA) is 90.9 Å². The summed E-state index contributed by atoms with van der Waals surface area (Å²) in [6, 6.07) is 19.3. The monoisotopic (exact) mass is 649 g/mol. The molecule has 238 valence electrons. The van der Waals surface area contributed by atoms with Crippen LogP contribution in [0.2, 0.25) is 0 Å². The van der Waals surface area contributed by atoms with Gasteiger partial charge < -0.3 is 19.1 Å². The molecule has 4 aromatic rings. The van der Waals surface area contributed by atoms with Gasteiger partial charge in [0, 0.05) is 35.6 Å². The van der Waals surface area contributed by atoms with Crippen molar-refractivity contribution in [3.63, 3.8) is 0 Å². The van der Waals surface area contributed by atoms with Gasteiger partial charge in [0.15, 0.2) is 11.5 Å². The van der Waals surface area contributed by atoms with Gasteiger partial charge in [-0.15, -0.1) is 0 Å². The second-order valence-electron chi connectivity index (χ2n) is 11.0. The van der Waals surface area contributed by atoms with E-state index in [0.717, 1.165) is 17.7 Å². The molecule has 0 aliphatic carbocycles. The van der Waals surface area contributed by atoms with E-state index in [0.29, 0.717) is 34.9 Å². The van der Waals surface area contributed by atoms with Crippen LogP contribution in [0.25, 0.3) is 5.57 Å². The lowest BCUT2D eigenvalue weighted by atomic mass is 10.1.